The van der Waals surface area contributed by atoms with Crippen molar-refractivity contribution in [2.75, 3.05) is 23.7 Å². The van der Waals surface area contributed by atoms with E-state index in [2.05, 4.69) is 20.6 Å². The first-order valence-corrected chi connectivity index (χ1v) is 11.2. The normalized spacial score (nSPS) is 13.9. The van der Waals surface area contributed by atoms with Gasteiger partial charge in [-0.15, -0.1) is 0 Å². The number of nitro groups is 2. The van der Waals surface area contributed by atoms with Crippen molar-refractivity contribution in [2.45, 2.75) is 38.0 Å². The summed E-state index contributed by atoms with van der Waals surface area (Å²) in [4.78, 5) is 34.2. The summed E-state index contributed by atoms with van der Waals surface area (Å²) in [6.45, 7) is 1.02. The zero-order chi connectivity index (χ0) is 23.9. The summed E-state index contributed by atoms with van der Waals surface area (Å²) in [7, 11) is 0. The van der Waals surface area contributed by atoms with Gasteiger partial charge in [-0.2, -0.15) is 0 Å². The molecule has 0 radical (unpaired) electrons. The van der Waals surface area contributed by atoms with Gasteiger partial charge in [-0.3, -0.25) is 20.2 Å². The number of nitrogens with one attached hydrogen (secondary N) is 2. The minimum atomic E-state index is -0.489. The Morgan fingerprint density at radius 1 is 0.853 bits per heavy atom. The van der Waals surface area contributed by atoms with E-state index in [-0.39, 0.29) is 11.4 Å². The van der Waals surface area contributed by atoms with Gasteiger partial charge in [0.25, 0.3) is 11.4 Å². The van der Waals surface area contributed by atoms with Crippen molar-refractivity contribution in [2.24, 2.45) is 0 Å². The smallest absolute Gasteiger partial charge is 0.287 e. The lowest BCUT2D eigenvalue weighted by atomic mass is 9.86. The van der Waals surface area contributed by atoms with Crippen LogP contribution in [0.3, 0.4) is 0 Å². The first-order valence-electron chi connectivity index (χ1n) is 11.2. The van der Waals surface area contributed by atoms with Crippen LogP contribution in [-0.4, -0.2) is 37.9 Å². The van der Waals surface area contributed by atoms with Gasteiger partial charge in [0, 0.05) is 48.5 Å². The van der Waals surface area contributed by atoms with Gasteiger partial charge in [-0.25, -0.2) is 15.0 Å². The van der Waals surface area contributed by atoms with Gasteiger partial charge in [0.1, 0.15) is 12.0 Å². The van der Waals surface area contributed by atoms with Crippen LogP contribution in [0.1, 0.15) is 43.7 Å². The Kier molecular flexibility index (Phi) is 7.21. The molecule has 2 aromatic heterocycles. The molecule has 1 fully saturated rings. The maximum Gasteiger partial charge on any atom is 0.287 e. The monoisotopic (exact) mass is 463 g/mol. The highest BCUT2D eigenvalue weighted by molar-refractivity contribution is 5.62. The first kappa shape index (κ1) is 23.0. The molecular weight excluding hydrogens is 438 g/mol. The molecule has 0 aliphatic heterocycles. The van der Waals surface area contributed by atoms with E-state index in [4.69, 9.17) is 4.98 Å². The van der Waals surface area contributed by atoms with Crippen LogP contribution < -0.4 is 10.6 Å². The molecule has 0 amide bonds. The topological polar surface area (TPSA) is 149 Å². The molecule has 11 heteroatoms. The second-order valence-electron chi connectivity index (χ2n) is 8.15. The number of hydrogen-bond donors (Lipinski definition) is 2. The minimum Gasteiger partial charge on any atom is -0.368 e. The molecule has 2 N–H and O–H groups in total. The Bertz CT molecular complexity index is 1150. The molecule has 0 spiro atoms. The molecule has 0 bridgehead atoms. The van der Waals surface area contributed by atoms with Crippen LogP contribution in [0.2, 0.25) is 0 Å². The Hall–Kier alpha value is -4.15. The summed E-state index contributed by atoms with van der Waals surface area (Å²) in [5, 5.41) is 28.1. The quantitative estimate of drug-likeness (QED) is 0.256. The van der Waals surface area contributed by atoms with Gasteiger partial charge in [0.15, 0.2) is 0 Å². The van der Waals surface area contributed by atoms with Crippen LogP contribution >= 0.6 is 0 Å². The number of aromatic nitrogens is 3. The predicted octanol–water partition coefficient (Wildman–Crippen LogP) is 4.93. The fourth-order valence-corrected chi connectivity index (χ4v) is 4.02. The molecule has 4 rings (SSSR count). The van der Waals surface area contributed by atoms with E-state index in [0.717, 1.165) is 29.8 Å². The zero-order valence-electron chi connectivity index (χ0n) is 18.5. The molecule has 3 aromatic rings. The van der Waals surface area contributed by atoms with E-state index in [1.807, 2.05) is 6.07 Å². The predicted molar refractivity (Wildman–Crippen MR) is 128 cm³/mol. The van der Waals surface area contributed by atoms with Gasteiger partial charge in [-0.05, 0) is 37.1 Å². The van der Waals surface area contributed by atoms with Crippen LogP contribution in [0, 0.1) is 20.2 Å². The van der Waals surface area contributed by atoms with Gasteiger partial charge in [-0.1, -0.05) is 19.3 Å². The van der Waals surface area contributed by atoms with E-state index >= 15 is 0 Å². The molecule has 0 saturated heterocycles. The number of nitrogens with zero attached hydrogens (tertiary/aromatic N) is 5. The van der Waals surface area contributed by atoms with Crippen molar-refractivity contribution in [3.63, 3.8) is 0 Å². The standard InChI is InChI=1S/C23H25N7O4/c31-29(32)18-8-6-17(7-9-18)21-14-20(16-4-2-1-3-5-16)27-23(28-21)25-13-12-24-22-11-10-19(15-26-22)30(33)34/h6-11,14-16H,1-5,12-13H2,(H,24,26)(H,25,27,28). The van der Waals surface area contributed by atoms with E-state index in [9.17, 15) is 20.2 Å². The molecule has 1 aliphatic carbocycles. The van der Waals surface area contributed by atoms with E-state index in [1.54, 1.807) is 18.2 Å². The lowest BCUT2D eigenvalue weighted by Gasteiger charge is -2.22. The van der Waals surface area contributed by atoms with Gasteiger partial charge in [0.05, 0.1) is 15.5 Å². The summed E-state index contributed by atoms with van der Waals surface area (Å²) < 4.78 is 0. The van der Waals surface area contributed by atoms with Gasteiger partial charge in [0.2, 0.25) is 5.95 Å². The lowest BCUT2D eigenvalue weighted by Crippen LogP contribution is -2.17. The molecule has 11 nitrogen and oxygen atoms in total. The molecule has 34 heavy (non-hydrogen) atoms. The van der Waals surface area contributed by atoms with E-state index < -0.39 is 9.85 Å². The molecule has 1 saturated carbocycles. The average Bonchev–Trinajstić information content (AvgIpc) is 2.87. The largest absolute Gasteiger partial charge is 0.368 e. The third-order valence-corrected chi connectivity index (χ3v) is 5.82. The average molecular weight is 463 g/mol. The maximum atomic E-state index is 11.0. The summed E-state index contributed by atoms with van der Waals surface area (Å²) >= 11 is 0. The number of non-ortho nitro benzene ring substituents is 1. The summed E-state index contributed by atoms with van der Waals surface area (Å²) in [5.41, 5.74) is 2.47. The number of anilines is 2. The Labute approximate surface area is 196 Å². The zero-order valence-corrected chi connectivity index (χ0v) is 18.5. The second-order valence-corrected chi connectivity index (χ2v) is 8.15. The Morgan fingerprint density at radius 2 is 1.53 bits per heavy atom. The van der Waals surface area contributed by atoms with Gasteiger partial charge < -0.3 is 10.6 Å². The van der Waals surface area contributed by atoms with Crippen LogP contribution in [0.5, 0.6) is 0 Å². The van der Waals surface area contributed by atoms with Crippen molar-refractivity contribution < 1.29 is 9.85 Å². The Balaban J connectivity index is 1.47. The van der Waals surface area contributed by atoms with Crippen molar-refractivity contribution in [1.82, 2.24) is 15.0 Å². The second kappa shape index (κ2) is 10.6. The number of pyridine rings is 1. The highest BCUT2D eigenvalue weighted by atomic mass is 16.6. The molecule has 1 aliphatic rings. The fourth-order valence-electron chi connectivity index (χ4n) is 4.02. The number of rotatable bonds is 9. The van der Waals surface area contributed by atoms with Crippen molar-refractivity contribution >= 4 is 23.1 Å². The molecular formula is C23H25N7O4. The number of hydrogen-bond acceptors (Lipinski definition) is 9. The van der Waals surface area contributed by atoms with Crippen molar-refractivity contribution in [3.8, 4) is 11.3 Å². The Morgan fingerprint density at radius 3 is 2.18 bits per heavy atom. The molecule has 0 unspecified atom stereocenters. The molecule has 2 heterocycles. The fraction of sp³-hybridized carbons (Fsp3) is 0.348. The minimum absolute atomic E-state index is 0.0367. The van der Waals surface area contributed by atoms with Crippen molar-refractivity contribution in [3.05, 3.63) is 74.6 Å². The SMILES string of the molecule is O=[N+]([O-])c1ccc(-c2cc(C3CCCCC3)nc(NCCNc3ccc([N+](=O)[O-])cn3)n2)cc1. The van der Waals surface area contributed by atoms with Gasteiger partial charge >= 0.3 is 0 Å². The van der Waals surface area contributed by atoms with E-state index in [1.165, 1.54) is 43.7 Å². The maximum absolute atomic E-state index is 11.0. The van der Waals surface area contributed by atoms with Crippen LogP contribution in [0.15, 0.2) is 48.7 Å². The van der Waals surface area contributed by atoms with Crippen molar-refractivity contribution in [1.29, 1.82) is 0 Å². The third kappa shape index (κ3) is 5.80. The summed E-state index contributed by atoms with van der Waals surface area (Å²) in [5.74, 6) is 1.40. The molecule has 1 aromatic carbocycles. The number of benzene rings is 1. The first-order chi connectivity index (χ1) is 16.5. The number of nitro benzene ring substituents is 1. The summed E-state index contributed by atoms with van der Waals surface area (Å²) in [6.07, 6.45) is 6.98. The highest BCUT2D eigenvalue weighted by Crippen LogP contribution is 2.33. The van der Waals surface area contributed by atoms with E-state index in [0.29, 0.717) is 30.8 Å². The third-order valence-electron chi connectivity index (χ3n) is 5.82. The van der Waals surface area contributed by atoms with Crippen LogP contribution in [0.4, 0.5) is 23.1 Å². The lowest BCUT2D eigenvalue weighted by molar-refractivity contribution is -0.385. The molecule has 176 valence electrons. The summed E-state index contributed by atoms with van der Waals surface area (Å²) in [6, 6.07) is 11.3. The highest BCUT2D eigenvalue weighted by Gasteiger charge is 2.19. The van der Waals surface area contributed by atoms with Crippen LogP contribution in [0.25, 0.3) is 11.3 Å². The molecule has 0 atom stereocenters. The van der Waals surface area contributed by atoms with Crippen LogP contribution in [-0.2, 0) is 0 Å².